The van der Waals surface area contributed by atoms with Crippen molar-refractivity contribution in [3.63, 3.8) is 0 Å². The number of halogens is 1. The number of piperidine rings is 1. The van der Waals surface area contributed by atoms with Gasteiger partial charge < -0.3 is 15.0 Å². The lowest BCUT2D eigenvalue weighted by Crippen LogP contribution is -2.53. The summed E-state index contributed by atoms with van der Waals surface area (Å²) in [7, 11) is 0. The zero-order valence-electron chi connectivity index (χ0n) is 11.1. The van der Waals surface area contributed by atoms with Crippen LogP contribution in [-0.2, 0) is 4.74 Å². The number of carbonyl (C=O) groups excluding carboxylic acids is 1. The summed E-state index contributed by atoms with van der Waals surface area (Å²) < 4.78 is 19.0. The van der Waals surface area contributed by atoms with Crippen molar-refractivity contribution in [2.75, 3.05) is 19.6 Å². The number of likely N-dealkylation sites (tertiary alicyclic amines) is 1. The summed E-state index contributed by atoms with van der Waals surface area (Å²) in [6.07, 6.45) is -0.805. The van der Waals surface area contributed by atoms with Crippen LogP contribution in [0.4, 0.5) is 9.18 Å². The molecule has 100 valence electrons. The van der Waals surface area contributed by atoms with E-state index in [0.29, 0.717) is 13.0 Å². The third-order valence-corrected chi connectivity index (χ3v) is 2.66. The Bertz CT molecular complexity index is 266. The van der Waals surface area contributed by atoms with E-state index in [1.807, 2.05) is 27.7 Å². The van der Waals surface area contributed by atoms with E-state index in [2.05, 4.69) is 5.32 Å². The Labute approximate surface area is 102 Å². The van der Waals surface area contributed by atoms with Crippen LogP contribution in [0.25, 0.3) is 0 Å². The minimum absolute atomic E-state index is 0.118. The first-order chi connectivity index (χ1) is 7.83. The predicted molar refractivity (Wildman–Crippen MR) is 64.8 cm³/mol. The summed E-state index contributed by atoms with van der Waals surface area (Å²) in [5.74, 6) is 0. The lowest BCUT2D eigenvalue weighted by molar-refractivity contribution is 0.00958. The summed E-state index contributed by atoms with van der Waals surface area (Å²) >= 11 is 0. The topological polar surface area (TPSA) is 41.6 Å². The largest absolute Gasteiger partial charge is 0.444 e. The van der Waals surface area contributed by atoms with Crippen molar-refractivity contribution in [1.29, 1.82) is 0 Å². The van der Waals surface area contributed by atoms with E-state index in [1.165, 1.54) is 4.90 Å². The van der Waals surface area contributed by atoms with Gasteiger partial charge in [-0.25, -0.2) is 9.18 Å². The lowest BCUT2D eigenvalue weighted by atomic mass is 10.0. The molecule has 1 saturated heterocycles. The van der Waals surface area contributed by atoms with Crippen molar-refractivity contribution >= 4 is 6.09 Å². The van der Waals surface area contributed by atoms with Gasteiger partial charge in [-0.3, -0.25) is 0 Å². The summed E-state index contributed by atoms with van der Waals surface area (Å²) in [6, 6.07) is -0.140. The van der Waals surface area contributed by atoms with Gasteiger partial charge in [-0.2, -0.15) is 0 Å². The van der Waals surface area contributed by atoms with Gasteiger partial charge in [-0.05, 0) is 33.7 Å². The van der Waals surface area contributed by atoms with Crippen molar-refractivity contribution in [2.45, 2.75) is 51.9 Å². The summed E-state index contributed by atoms with van der Waals surface area (Å²) in [6.45, 7) is 8.79. The molecule has 4 nitrogen and oxygen atoms in total. The lowest BCUT2D eigenvalue weighted by Gasteiger charge is -2.35. The van der Waals surface area contributed by atoms with Crippen molar-refractivity contribution in [3.05, 3.63) is 0 Å². The highest BCUT2D eigenvalue weighted by Crippen LogP contribution is 2.17. The van der Waals surface area contributed by atoms with Crippen LogP contribution < -0.4 is 5.32 Å². The SMILES string of the molecule is CCN[C@@H]1CCN(C(=O)OC(C)(C)C)C[C@@H]1F. The Morgan fingerprint density at radius 2 is 2.18 bits per heavy atom. The maximum absolute atomic E-state index is 13.8. The third-order valence-electron chi connectivity index (χ3n) is 2.66. The average molecular weight is 246 g/mol. The first-order valence-electron chi connectivity index (χ1n) is 6.19. The second-order valence-corrected chi connectivity index (χ2v) is 5.40. The van der Waals surface area contributed by atoms with E-state index in [9.17, 15) is 9.18 Å². The zero-order chi connectivity index (χ0) is 13.1. The predicted octanol–water partition coefficient (Wildman–Crippen LogP) is 1.94. The van der Waals surface area contributed by atoms with Crippen LogP contribution in [0.2, 0.25) is 0 Å². The van der Waals surface area contributed by atoms with Gasteiger partial charge in [0.25, 0.3) is 0 Å². The van der Waals surface area contributed by atoms with Gasteiger partial charge >= 0.3 is 6.09 Å². The van der Waals surface area contributed by atoms with E-state index in [-0.39, 0.29) is 12.6 Å². The van der Waals surface area contributed by atoms with Gasteiger partial charge in [0.1, 0.15) is 11.8 Å². The molecule has 1 fully saturated rings. The number of alkyl halides is 1. The van der Waals surface area contributed by atoms with E-state index in [1.54, 1.807) is 0 Å². The average Bonchev–Trinajstić information content (AvgIpc) is 2.18. The smallest absolute Gasteiger partial charge is 0.410 e. The standard InChI is InChI=1S/C12H23FN2O2/c1-5-14-10-6-7-15(8-9(10)13)11(16)17-12(2,3)4/h9-10,14H,5-8H2,1-4H3/t9-,10+/m0/s1. The second kappa shape index (κ2) is 5.67. The molecule has 1 N–H and O–H groups in total. The molecule has 1 aliphatic rings. The Morgan fingerprint density at radius 1 is 1.53 bits per heavy atom. The van der Waals surface area contributed by atoms with Crippen LogP contribution in [0.15, 0.2) is 0 Å². The highest BCUT2D eigenvalue weighted by atomic mass is 19.1. The minimum Gasteiger partial charge on any atom is -0.444 e. The number of hydrogen-bond donors (Lipinski definition) is 1. The van der Waals surface area contributed by atoms with Crippen LogP contribution >= 0.6 is 0 Å². The first-order valence-corrected chi connectivity index (χ1v) is 6.19. The second-order valence-electron chi connectivity index (χ2n) is 5.40. The van der Waals surface area contributed by atoms with Crippen molar-refractivity contribution < 1.29 is 13.9 Å². The minimum atomic E-state index is -1.02. The number of nitrogens with one attached hydrogen (secondary N) is 1. The molecule has 1 heterocycles. The molecule has 1 amide bonds. The highest BCUT2D eigenvalue weighted by Gasteiger charge is 2.32. The van der Waals surface area contributed by atoms with Crippen LogP contribution in [0, 0.1) is 0 Å². The summed E-state index contributed by atoms with van der Waals surface area (Å²) in [4.78, 5) is 13.2. The number of carbonyl (C=O) groups is 1. The quantitative estimate of drug-likeness (QED) is 0.809. The van der Waals surface area contributed by atoms with Crippen molar-refractivity contribution in [2.24, 2.45) is 0 Å². The molecule has 0 saturated carbocycles. The molecule has 0 aromatic carbocycles. The number of ether oxygens (including phenoxy) is 1. The molecular formula is C12H23FN2O2. The number of amides is 1. The van der Waals surface area contributed by atoms with E-state index >= 15 is 0 Å². The highest BCUT2D eigenvalue weighted by molar-refractivity contribution is 5.68. The molecule has 2 atom stereocenters. The van der Waals surface area contributed by atoms with E-state index in [4.69, 9.17) is 4.74 Å². The summed E-state index contributed by atoms with van der Waals surface area (Å²) in [5, 5.41) is 3.09. The molecule has 0 bridgehead atoms. The zero-order valence-corrected chi connectivity index (χ0v) is 11.1. The Morgan fingerprint density at radius 3 is 2.65 bits per heavy atom. The molecule has 1 rings (SSSR count). The maximum atomic E-state index is 13.8. The molecule has 5 heteroatoms. The Hall–Kier alpha value is -0.840. The maximum Gasteiger partial charge on any atom is 0.410 e. The van der Waals surface area contributed by atoms with Crippen molar-refractivity contribution in [1.82, 2.24) is 10.2 Å². The molecule has 1 aliphatic heterocycles. The molecule has 0 aliphatic carbocycles. The monoisotopic (exact) mass is 246 g/mol. The van der Waals surface area contributed by atoms with Crippen molar-refractivity contribution in [3.8, 4) is 0 Å². The van der Waals surface area contributed by atoms with E-state index in [0.717, 1.165) is 6.54 Å². The molecule has 17 heavy (non-hydrogen) atoms. The van der Waals surface area contributed by atoms with E-state index < -0.39 is 17.9 Å². The normalized spacial score (nSPS) is 25.8. The van der Waals surface area contributed by atoms with Gasteiger partial charge in [-0.1, -0.05) is 6.92 Å². The molecule has 0 unspecified atom stereocenters. The fourth-order valence-electron chi connectivity index (χ4n) is 1.89. The van der Waals surface area contributed by atoms with Gasteiger partial charge in [0.15, 0.2) is 0 Å². The van der Waals surface area contributed by atoms with Gasteiger partial charge in [-0.15, -0.1) is 0 Å². The number of nitrogens with zero attached hydrogens (tertiary/aromatic N) is 1. The number of hydrogen-bond acceptors (Lipinski definition) is 3. The van der Waals surface area contributed by atoms with Gasteiger partial charge in [0, 0.05) is 12.6 Å². The molecule has 0 aromatic heterocycles. The Kier molecular flexibility index (Phi) is 4.74. The van der Waals surface area contributed by atoms with Crippen LogP contribution in [0.1, 0.15) is 34.1 Å². The third kappa shape index (κ3) is 4.50. The van der Waals surface area contributed by atoms with Crippen LogP contribution in [0.5, 0.6) is 0 Å². The molecule has 0 radical (unpaired) electrons. The molecule has 0 spiro atoms. The fraction of sp³-hybridized carbons (Fsp3) is 0.917. The van der Waals surface area contributed by atoms with Crippen LogP contribution in [-0.4, -0.2) is 48.4 Å². The van der Waals surface area contributed by atoms with Gasteiger partial charge in [0.2, 0.25) is 0 Å². The first kappa shape index (κ1) is 14.2. The number of rotatable bonds is 2. The van der Waals surface area contributed by atoms with Crippen LogP contribution in [0.3, 0.4) is 0 Å². The Balaban J connectivity index is 2.46. The molecule has 0 aromatic rings. The van der Waals surface area contributed by atoms with Gasteiger partial charge in [0.05, 0.1) is 6.54 Å². The fourth-order valence-corrected chi connectivity index (χ4v) is 1.89. The molecular weight excluding hydrogens is 223 g/mol. The summed E-state index contributed by atoms with van der Waals surface area (Å²) in [5.41, 5.74) is -0.526.